The van der Waals surface area contributed by atoms with E-state index in [-0.39, 0.29) is 17.7 Å². The van der Waals surface area contributed by atoms with Gasteiger partial charge in [0.1, 0.15) is 0 Å². The molecule has 0 spiro atoms. The molecular formula is C27H27N3O2. The number of nitrogens with zero attached hydrogens (tertiary/aromatic N) is 1. The van der Waals surface area contributed by atoms with E-state index in [1.54, 1.807) is 6.08 Å². The number of amides is 2. The summed E-state index contributed by atoms with van der Waals surface area (Å²) in [6.07, 6.45) is 3.96. The van der Waals surface area contributed by atoms with Crippen LogP contribution in [0.5, 0.6) is 0 Å². The van der Waals surface area contributed by atoms with Crippen LogP contribution in [-0.4, -0.2) is 17.5 Å². The number of hydrogen-bond acceptors (Lipinski definition) is 3. The van der Waals surface area contributed by atoms with E-state index in [0.717, 1.165) is 16.7 Å². The molecular weight excluding hydrogens is 398 g/mol. The fourth-order valence-corrected chi connectivity index (χ4v) is 3.25. The Morgan fingerprint density at radius 1 is 0.906 bits per heavy atom. The van der Waals surface area contributed by atoms with Gasteiger partial charge in [-0.3, -0.25) is 9.59 Å². The van der Waals surface area contributed by atoms with E-state index in [1.807, 2.05) is 98.8 Å². The minimum atomic E-state index is -0.241. The first-order valence-electron chi connectivity index (χ1n) is 10.6. The smallest absolute Gasteiger partial charge is 0.248 e. The highest BCUT2D eigenvalue weighted by Gasteiger charge is 2.18. The summed E-state index contributed by atoms with van der Waals surface area (Å²) >= 11 is 0. The lowest BCUT2D eigenvalue weighted by Crippen LogP contribution is -2.26. The van der Waals surface area contributed by atoms with Gasteiger partial charge >= 0.3 is 0 Å². The number of hydrogen-bond donors (Lipinski definition) is 2. The van der Waals surface area contributed by atoms with Crippen LogP contribution in [0.4, 0.5) is 5.69 Å². The molecule has 0 aliphatic carbocycles. The van der Waals surface area contributed by atoms with E-state index in [9.17, 15) is 9.59 Å². The maximum atomic E-state index is 12.6. The molecule has 3 rings (SSSR count). The molecule has 0 aromatic heterocycles. The fraction of sp³-hybridized carbons (Fsp3) is 0.148. The summed E-state index contributed by atoms with van der Waals surface area (Å²) < 4.78 is 0. The summed E-state index contributed by atoms with van der Waals surface area (Å²) in [4.78, 5) is 24.7. The molecule has 3 aromatic carbocycles. The molecule has 0 aliphatic rings. The summed E-state index contributed by atoms with van der Waals surface area (Å²) in [5.74, 6) is -0.577. The second kappa shape index (κ2) is 11.4. The number of rotatable bonds is 8. The first-order valence-corrected chi connectivity index (χ1v) is 10.6. The third-order valence-corrected chi connectivity index (χ3v) is 5.06. The second-order valence-electron chi connectivity index (χ2n) is 7.36. The molecule has 0 heterocycles. The molecule has 0 unspecified atom stereocenters. The van der Waals surface area contributed by atoms with Crippen molar-refractivity contribution in [1.29, 1.82) is 0 Å². The summed E-state index contributed by atoms with van der Waals surface area (Å²) in [6, 6.07) is 26.7. The lowest BCUT2D eigenvalue weighted by Gasteiger charge is -2.13. The highest BCUT2D eigenvalue weighted by Crippen LogP contribution is 2.19. The fourth-order valence-electron chi connectivity index (χ4n) is 3.25. The predicted octanol–water partition coefficient (Wildman–Crippen LogP) is 5.37. The normalized spacial score (nSPS) is 12.4. The van der Waals surface area contributed by atoms with E-state index >= 15 is 0 Å². The molecule has 2 amide bonds. The Morgan fingerprint density at radius 3 is 2.16 bits per heavy atom. The number of nitrogens with one attached hydrogen (secondary N) is 2. The molecule has 0 saturated carbocycles. The zero-order valence-corrected chi connectivity index (χ0v) is 18.3. The van der Waals surface area contributed by atoms with Crippen LogP contribution in [0.15, 0.2) is 96.1 Å². The molecule has 0 fully saturated rings. The van der Waals surface area contributed by atoms with E-state index in [4.69, 9.17) is 0 Å². The van der Waals surface area contributed by atoms with Crippen molar-refractivity contribution in [2.45, 2.75) is 26.2 Å². The second-order valence-corrected chi connectivity index (χ2v) is 7.36. The van der Waals surface area contributed by atoms with Gasteiger partial charge in [0.2, 0.25) is 11.8 Å². The zero-order valence-electron chi connectivity index (χ0n) is 18.3. The van der Waals surface area contributed by atoms with Gasteiger partial charge in [-0.1, -0.05) is 79.7 Å². The topological polar surface area (TPSA) is 70.6 Å². The third kappa shape index (κ3) is 6.51. The minimum Gasteiger partial charge on any atom is -0.323 e. The van der Waals surface area contributed by atoms with Gasteiger partial charge < -0.3 is 5.32 Å². The lowest BCUT2D eigenvalue weighted by atomic mass is 9.96. The van der Waals surface area contributed by atoms with Gasteiger partial charge in [-0.25, -0.2) is 5.43 Å². The maximum Gasteiger partial charge on any atom is 0.248 e. The van der Waals surface area contributed by atoms with Crippen molar-refractivity contribution in [3.05, 3.63) is 108 Å². The van der Waals surface area contributed by atoms with Crippen LogP contribution >= 0.6 is 0 Å². The largest absolute Gasteiger partial charge is 0.323 e. The van der Waals surface area contributed by atoms with Crippen LogP contribution in [-0.2, 0) is 9.59 Å². The molecule has 3 aromatic rings. The molecule has 0 saturated heterocycles. The van der Waals surface area contributed by atoms with Crippen LogP contribution in [0.25, 0.3) is 6.08 Å². The van der Waals surface area contributed by atoms with Crippen molar-refractivity contribution in [2.75, 3.05) is 5.32 Å². The first-order chi connectivity index (χ1) is 15.6. The molecule has 5 nitrogen and oxygen atoms in total. The SMILES string of the molecule is CC[C@H](C(=O)N/N=C(\C)c1ccc(NC(=O)/C=C/c2ccccc2)cc1)c1ccccc1. The van der Waals surface area contributed by atoms with Crippen molar-refractivity contribution < 1.29 is 9.59 Å². The average molecular weight is 426 g/mol. The molecule has 2 N–H and O–H groups in total. The van der Waals surface area contributed by atoms with Gasteiger partial charge in [-0.2, -0.15) is 5.10 Å². The van der Waals surface area contributed by atoms with E-state index < -0.39 is 0 Å². The molecule has 0 radical (unpaired) electrons. The quantitative estimate of drug-likeness (QED) is 0.289. The van der Waals surface area contributed by atoms with Crippen LogP contribution in [0.2, 0.25) is 0 Å². The van der Waals surface area contributed by atoms with Crippen LogP contribution in [0.3, 0.4) is 0 Å². The van der Waals surface area contributed by atoms with Crippen molar-refractivity contribution >= 4 is 29.3 Å². The average Bonchev–Trinajstić information content (AvgIpc) is 2.83. The molecule has 1 atom stereocenters. The van der Waals surface area contributed by atoms with Gasteiger partial charge in [0.15, 0.2) is 0 Å². The Balaban J connectivity index is 1.57. The molecule has 162 valence electrons. The van der Waals surface area contributed by atoms with Gasteiger partial charge in [-0.15, -0.1) is 0 Å². The zero-order chi connectivity index (χ0) is 22.8. The Labute approximate surface area is 188 Å². The van der Waals surface area contributed by atoms with E-state index in [0.29, 0.717) is 17.8 Å². The standard InChI is InChI=1S/C27H27N3O2/c1-3-25(23-12-8-5-9-13-23)27(32)30-29-20(2)22-15-17-24(18-16-22)28-26(31)19-14-21-10-6-4-7-11-21/h4-19,25H,3H2,1-2H3,(H,28,31)(H,30,32)/b19-14+,29-20+/t25-/m0/s1. The van der Waals surface area contributed by atoms with Gasteiger partial charge in [0.25, 0.3) is 0 Å². The number of carbonyl (C=O) groups excluding carboxylic acids is 2. The summed E-state index contributed by atoms with van der Waals surface area (Å²) in [5.41, 5.74) is 6.84. The van der Waals surface area contributed by atoms with E-state index in [1.165, 1.54) is 6.08 Å². The number of anilines is 1. The van der Waals surface area contributed by atoms with Crippen molar-refractivity contribution in [3.8, 4) is 0 Å². The monoisotopic (exact) mass is 425 g/mol. The molecule has 0 aliphatic heterocycles. The van der Waals surface area contributed by atoms with Crippen molar-refractivity contribution in [2.24, 2.45) is 5.10 Å². The summed E-state index contributed by atoms with van der Waals surface area (Å²) in [6.45, 7) is 3.82. The molecule has 5 heteroatoms. The lowest BCUT2D eigenvalue weighted by molar-refractivity contribution is -0.122. The maximum absolute atomic E-state index is 12.6. The Morgan fingerprint density at radius 2 is 1.53 bits per heavy atom. The minimum absolute atomic E-state index is 0.132. The highest BCUT2D eigenvalue weighted by atomic mass is 16.2. The van der Waals surface area contributed by atoms with Crippen molar-refractivity contribution in [1.82, 2.24) is 5.43 Å². The number of benzene rings is 3. The predicted molar refractivity (Wildman–Crippen MR) is 130 cm³/mol. The molecule has 32 heavy (non-hydrogen) atoms. The highest BCUT2D eigenvalue weighted by molar-refractivity contribution is 6.03. The van der Waals surface area contributed by atoms with Crippen LogP contribution in [0.1, 0.15) is 42.9 Å². The van der Waals surface area contributed by atoms with Gasteiger partial charge in [0.05, 0.1) is 11.6 Å². The number of carbonyl (C=O) groups is 2. The Bertz CT molecular complexity index is 1090. The molecule has 0 bridgehead atoms. The first kappa shape index (κ1) is 22.7. The summed E-state index contributed by atoms with van der Waals surface area (Å²) in [5, 5.41) is 7.09. The van der Waals surface area contributed by atoms with Crippen LogP contribution in [0, 0.1) is 0 Å². The van der Waals surface area contributed by atoms with Gasteiger partial charge in [0, 0.05) is 11.8 Å². The third-order valence-electron chi connectivity index (χ3n) is 5.06. The Kier molecular flexibility index (Phi) is 8.09. The van der Waals surface area contributed by atoms with Gasteiger partial charge in [-0.05, 0) is 48.2 Å². The van der Waals surface area contributed by atoms with E-state index in [2.05, 4.69) is 15.8 Å². The number of hydrazone groups is 1. The summed E-state index contributed by atoms with van der Waals surface area (Å²) in [7, 11) is 0. The van der Waals surface area contributed by atoms with Crippen LogP contribution < -0.4 is 10.7 Å². The Hall–Kier alpha value is -3.99. The van der Waals surface area contributed by atoms with Crippen molar-refractivity contribution in [3.63, 3.8) is 0 Å².